The minimum absolute atomic E-state index is 0.370. The first kappa shape index (κ1) is 29.3. The van der Waals surface area contributed by atoms with E-state index in [9.17, 15) is 5.26 Å². The minimum Gasteiger partial charge on any atom is -0.208 e. The van der Waals surface area contributed by atoms with Gasteiger partial charge in [-0.2, -0.15) is 5.26 Å². The van der Waals surface area contributed by atoms with E-state index in [0.717, 1.165) is 61.6 Å². The zero-order chi connectivity index (χ0) is 33.2. The molecule has 4 aliphatic carbocycles. The summed E-state index contributed by atoms with van der Waals surface area (Å²) >= 11 is 0. The van der Waals surface area contributed by atoms with Crippen molar-refractivity contribution in [2.75, 3.05) is 0 Å². The number of fused-ring (bicyclic) bond motifs is 3. The van der Waals surface area contributed by atoms with Gasteiger partial charge in [-0.3, -0.25) is 0 Å². The Hall–Kier alpha value is -5.66. The highest BCUT2D eigenvalue weighted by Crippen LogP contribution is 2.60. The molecule has 4 aliphatic rings. The van der Waals surface area contributed by atoms with Crippen LogP contribution in [0.25, 0.3) is 66.8 Å². The van der Waals surface area contributed by atoms with Gasteiger partial charge in [-0.05, 0) is 107 Å². The average molecular weight is 645 g/mol. The fraction of sp³-hybridized carbons (Fsp3) is 0.217. The molecule has 1 heterocycles. The molecular weight excluding hydrogens is 609 g/mol. The summed E-state index contributed by atoms with van der Waals surface area (Å²) in [7, 11) is 0. The van der Waals surface area contributed by atoms with Crippen molar-refractivity contribution in [3.8, 4) is 51.4 Å². The number of hydrogen-bond donors (Lipinski definition) is 0. The molecule has 0 unspecified atom stereocenters. The van der Waals surface area contributed by atoms with Gasteiger partial charge < -0.3 is 0 Å². The second kappa shape index (κ2) is 11.5. The van der Waals surface area contributed by atoms with Gasteiger partial charge in [0.25, 0.3) is 0 Å². The predicted octanol–water partition coefficient (Wildman–Crippen LogP) is 11.2. The number of aromatic nitrogens is 3. The van der Waals surface area contributed by atoms with E-state index in [4.69, 9.17) is 15.0 Å². The fourth-order valence-corrected chi connectivity index (χ4v) is 10.2. The first-order chi connectivity index (χ1) is 24.6. The molecule has 4 heteroatoms. The zero-order valence-electron chi connectivity index (χ0n) is 27.9. The third kappa shape index (κ3) is 4.76. The number of benzene rings is 6. The molecule has 1 aromatic heterocycles. The molecule has 0 radical (unpaired) electrons. The second-order valence-electron chi connectivity index (χ2n) is 15.0. The summed E-state index contributed by atoms with van der Waals surface area (Å²) < 4.78 is 0. The molecule has 4 bridgehead atoms. The Labute approximate surface area is 292 Å². The monoisotopic (exact) mass is 644 g/mol. The van der Waals surface area contributed by atoms with Crippen LogP contribution >= 0.6 is 0 Å². The SMILES string of the molecule is N#Cc1cccc2c(-c3nc(-c4ccccc4)nc(-c4ccccc4-c4ccc(C56C[C@H]7C[C@@H](C5)C[C@@H](C6)C7)cc4)n3)cc3ccccc3c12. The summed E-state index contributed by atoms with van der Waals surface area (Å²) in [5, 5.41) is 14.1. The van der Waals surface area contributed by atoms with Gasteiger partial charge in [-0.15, -0.1) is 0 Å². The molecule has 0 N–H and O–H groups in total. The predicted molar refractivity (Wildman–Crippen MR) is 201 cm³/mol. The highest BCUT2D eigenvalue weighted by atomic mass is 15.0. The first-order valence-electron chi connectivity index (χ1n) is 18.0. The number of nitrogens with zero attached hydrogens (tertiary/aromatic N) is 4. The van der Waals surface area contributed by atoms with Crippen LogP contribution in [-0.4, -0.2) is 15.0 Å². The third-order valence-corrected chi connectivity index (χ3v) is 11.9. The first-order valence-corrected chi connectivity index (χ1v) is 18.0. The number of rotatable bonds is 5. The molecule has 50 heavy (non-hydrogen) atoms. The van der Waals surface area contributed by atoms with Crippen LogP contribution in [0.5, 0.6) is 0 Å². The smallest absolute Gasteiger partial charge is 0.164 e. The van der Waals surface area contributed by atoms with Crippen LogP contribution in [0.4, 0.5) is 0 Å². The quantitative estimate of drug-likeness (QED) is 0.175. The molecule has 0 saturated heterocycles. The highest BCUT2D eigenvalue weighted by Gasteiger charge is 2.51. The molecule has 0 amide bonds. The molecule has 4 nitrogen and oxygen atoms in total. The van der Waals surface area contributed by atoms with E-state index in [1.54, 1.807) is 0 Å². The van der Waals surface area contributed by atoms with E-state index in [-0.39, 0.29) is 0 Å². The summed E-state index contributed by atoms with van der Waals surface area (Å²) in [6, 6.07) is 46.8. The van der Waals surface area contributed by atoms with Crippen molar-refractivity contribution >= 4 is 21.5 Å². The van der Waals surface area contributed by atoms with E-state index in [2.05, 4.69) is 78.9 Å². The average Bonchev–Trinajstić information content (AvgIpc) is 3.17. The van der Waals surface area contributed by atoms with Crippen molar-refractivity contribution in [1.82, 2.24) is 15.0 Å². The summed E-state index contributed by atoms with van der Waals surface area (Å²) in [5.41, 5.74) is 7.61. The van der Waals surface area contributed by atoms with Crippen LogP contribution in [0.3, 0.4) is 0 Å². The maximum Gasteiger partial charge on any atom is 0.164 e. The van der Waals surface area contributed by atoms with Gasteiger partial charge in [0, 0.05) is 22.1 Å². The Morgan fingerprint density at radius 1 is 0.520 bits per heavy atom. The summed E-state index contributed by atoms with van der Waals surface area (Å²) in [6.07, 6.45) is 8.46. The van der Waals surface area contributed by atoms with Gasteiger partial charge in [0.15, 0.2) is 17.5 Å². The van der Waals surface area contributed by atoms with Crippen molar-refractivity contribution in [2.45, 2.75) is 43.9 Å². The van der Waals surface area contributed by atoms with Gasteiger partial charge in [-0.25, -0.2) is 15.0 Å². The lowest BCUT2D eigenvalue weighted by molar-refractivity contribution is -0.00518. The van der Waals surface area contributed by atoms with E-state index in [1.165, 1.54) is 49.7 Å². The Kier molecular flexibility index (Phi) is 6.71. The maximum absolute atomic E-state index is 10.1. The lowest BCUT2D eigenvalue weighted by atomic mass is 9.48. The van der Waals surface area contributed by atoms with Crippen LogP contribution in [0.15, 0.2) is 127 Å². The van der Waals surface area contributed by atoms with E-state index < -0.39 is 0 Å². The van der Waals surface area contributed by atoms with Crippen molar-refractivity contribution in [2.24, 2.45) is 17.8 Å². The second-order valence-corrected chi connectivity index (χ2v) is 15.0. The normalized spacial score (nSPS) is 22.2. The molecule has 0 atom stereocenters. The van der Waals surface area contributed by atoms with E-state index in [0.29, 0.717) is 28.5 Å². The molecule has 6 aromatic carbocycles. The lowest BCUT2D eigenvalue weighted by Gasteiger charge is -2.57. The lowest BCUT2D eigenvalue weighted by Crippen LogP contribution is -2.48. The maximum atomic E-state index is 10.1. The van der Waals surface area contributed by atoms with Gasteiger partial charge in [-0.1, -0.05) is 115 Å². The Bertz CT molecular complexity index is 2440. The van der Waals surface area contributed by atoms with E-state index >= 15 is 0 Å². The van der Waals surface area contributed by atoms with Crippen LogP contribution in [0, 0.1) is 29.1 Å². The molecule has 11 rings (SSSR count). The largest absolute Gasteiger partial charge is 0.208 e. The van der Waals surface area contributed by atoms with Crippen molar-refractivity contribution in [1.29, 1.82) is 5.26 Å². The molecule has 0 aliphatic heterocycles. The Balaban J connectivity index is 1.13. The van der Waals surface area contributed by atoms with Crippen molar-refractivity contribution in [3.05, 3.63) is 139 Å². The van der Waals surface area contributed by atoms with Crippen LogP contribution in [-0.2, 0) is 5.41 Å². The summed E-state index contributed by atoms with van der Waals surface area (Å²) in [4.78, 5) is 15.5. The van der Waals surface area contributed by atoms with Gasteiger partial charge in [0.05, 0.1) is 11.6 Å². The molecule has 4 fully saturated rings. The standard InChI is InChI=1S/C46H36N4/c47-28-35-12-8-16-39-41(24-34-11-4-5-14-38(34)42(35)39)45-49-43(33-9-2-1-3-10-33)48-44(50-45)40-15-7-6-13-37(40)32-17-19-36(20-18-32)46-25-29-21-30(26-46)23-31(22-29)27-46/h1-20,24,29-31H,21-23,25-27H2/t29-,30+,31-,46?. The molecule has 240 valence electrons. The topological polar surface area (TPSA) is 62.5 Å². The van der Waals surface area contributed by atoms with Crippen molar-refractivity contribution < 1.29 is 0 Å². The van der Waals surface area contributed by atoms with Gasteiger partial charge in [0.2, 0.25) is 0 Å². The van der Waals surface area contributed by atoms with Crippen LogP contribution in [0.1, 0.15) is 49.7 Å². The number of nitriles is 1. The molecule has 4 saturated carbocycles. The minimum atomic E-state index is 0.370. The summed E-state index contributed by atoms with van der Waals surface area (Å²) in [6.45, 7) is 0. The fourth-order valence-electron chi connectivity index (χ4n) is 10.2. The van der Waals surface area contributed by atoms with Crippen LogP contribution in [0.2, 0.25) is 0 Å². The Morgan fingerprint density at radius 2 is 1.12 bits per heavy atom. The van der Waals surface area contributed by atoms with Gasteiger partial charge in [0.1, 0.15) is 0 Å². The Morgan fingerprint density at radius 3 is 1.84 bits per heavy atom. The molecule has 0 spiro atoms. The third-order valence-electron chi connectivity index (χ3n) is 11.9. The van der Waals surface area contributed by atoms with Gasteiger partial charge >= 0.3 is 0 Å². The number of hydrogen-bond acceptors (Lipinski definition) is 4. The highest BCUT2D eigenvalue weighted by molar-refractivity contribution is 6.15. The zero-order valence-corrected chi connectivity index (χ0v) is 27.9. The van der Waals surface area contributed by atoms with E-state index in [1.807, 2.05) is 54.6 Å². The molecule has 7 aromatic rings. The molecular formula is C46H36N4. The van der Waals surface area contributed by atoms with Crippen LogP contribution < -0.4 is 0 Å². The van der Waals surface area contributed by atoms with Crippen molar-refractivity contribution in [3.63, 3.8) is 0 Å². The summed E-state index contributed by atoms with van der Waals surface area (Å²) in [5.74, 6) is 4.61.